The van der Waals surface area contributed by atoms with Crippen molar-refractivity contribution in [2.75, 3.05) is 6.61 Å². The zero-order valence-electron chi connectivity index (χ0n) is 15.9. The van der Waals surface area contributed by atoms with Gasteiger partial charge in [0.1, 0.15) is 12.2 Å². The molecule has 9 atom stereocenters. The molecule has 7 nitrogen and oxygen atoms in total. The van der Waals surface area contributed by atoms with Crippen molar-refractivity contribution in [2.45, 2.75) is 75.7 Å². The summed E-state index contributed by atoms with van der Waals surface area (Å²) < 4.78 is 22.9. The van der Waals surface area contributed by atoms with Crippen LogP contribution in [0.4, 0.5) is 0 Å². The van der Waals surface area contributed by atoms with E-state index in [1.165, 1.54) is 0 Å². The van der Waals surface area contributed by atoms with Crippen molar-refractivity contribution in [3.63, 3.8) is 0 Å². The van der Waals surface area contributed by atoms with Crippen LogP contribution in [-0.2, 0) is 28.5 Å². The number of ether oxygens (including phenoxy) is 4. The zero-order chi connectivity index (χ0) is 19.4. The highest BCUT2D eigenvalue weighted by Crippen LogP contribution is 2.64. The average Bonchev–Trinajstić information content (AvgIpc) is 3.45. The largest absolute Gasteiger partial charge is 0.460 e. The first kappa shape index (κ1) is 17.6. The van der Waals surface area contributed by atoms with Crippen LogP contribution >= 0.6 is 0 Å². The second kappa shape index (κ2) is 5.13. The maximum absolute atomic E-state index is 12.7. The fourth-order valence-corrected chi connectivity index (χ4v) is 5.91. The summed E-state index contributed by atoms with van der Waals surface area (Å²) >= 11 is 0. The molecule has 3 aliphatic heterocycles. The first-order chi connectivity index (χ1) is 12.6. The molecule has 9 unspecified atom stereocenters. The number of rotatable bonds is 2. The molecule has 0 amide bonds. The van der Waals surface area contributed by atoms with Crippen molar-refractivity contribution in [3.05, 3.63) is 12.2 Å². The normalized spacial score (nSPS) is 55.6. The highest BCUT2D eigenvalue weighted by atomic mass is 16.7. The molecule has 2 saturated carbocycles. The van der Waals surface area contributed by atoms with Gasteiger partial charge in [0.2, 0.25) is 0 Å². The second-order valence-electron chi connectivity index (χ2n) is 9.33. The third kappa shape index (κ3) is 2.19. The number of carbonyl (C=O) groups excluding carboxylic acids is 2. The van der Waals surface area contributed by atoms with Crippen LogP contribution in [0.25, 0.3) is 0 Å². The average molecular weight is 378 g/mol. The molecule has 1 N–H and O–H groups in total. The minimum Gasteiger partial charge on any atom is -0.460 e. The van der Waals surface area contributed by atoms with Crippen LogP contribution in [0.2, 0.25) is 0 Å². The molecule has 0 aromatic heterocycles. The molecule has 0 aromatic carbocycles. The second-order valence-corrected chi connectivity index (χ2v) is 9.33. The van der Waals surface area contributed by atoms with Crippen LogP contribution in [0.5, 0.6) is 0 Å². The Morgan fingerprint density at radius 2 is 2.04 bits per heavy atom. The first-order valence-electron chi connectivity index (χ1n) is 9.73. The van der Waals surface area contributed by atoms with E-state index in [1.807, 2.05) is 13.8 Å². The summed E-state index contributed by atoms with van der Waals surface area (Å²) in [6.45, 7) is 10.0. The summed E-state index contributed by atoms with van der Waals surface area (Å²) in [5, 5.41) is 10.8. The van der Waals surface area contributed by atoms with E-state index in [2.05, 4.69) is 6.58 Å². The molecule has 3 heterocycles. The molecule has 5 rings (SSSR count). The minimum absolute atomic E-state index is 0.140. The summed E-state index contributed by atoms with van der Waals surface area (Å²) in [6, 6.07) is 0. The van der Waals surface area contributed by atoms with Gasteiger partial charge in [0, 0.05) is 16.9 Å². The maximum atomic E-state index is 12.7. The van der Waals surface area contributed by atoms with Crippen molar-refractivity contribution in [3.8, 4) is 0 Å². The molecule has 0 bridgehead atoms. The van der Waals surface area contributed by atoms with Crippen LogP contribution in [0.15, 0.2) is 12.2 Å². The molecule has 5 aliphatic rings. The highest BCUT2D eigenvalue weighted by molar-refractivity contribution is 5.91. The Morgan fingerprint density at radius 1 is 1.37 bits per heavy atom. The maximum Gasteiger partial charge on any atom is 0.341 e. The Balaban J connectivity index is 1.48. The van der Waals surface area contributed by atoms with Gasteiger partial charge in [-0.05, 0) is 33.1 Å². The molecule has 0 radical (unpaired) electrons. The fraction of sp³-hybridized carbons (Fsp3) is 0.800. The minimum atomic E-state index is -0.888. The zero-order valence-corrected chi connectivity index (χ0v) is 15.9. The number of epoxide rings is 2. The lowest BCUT2D eigenvalue weighted by Gasteiger charge is -2.56. The number of esters is 2. The molecular weight excluding hydrogens is 352 g/mol. The summed E-state index contributed by atoms with van der Waals surface area (Å²) in [6.07, 6.45) is -0.00228. The topological polar surface area (TPSA) is 97.9 Å². The molecule has 0 aromatic rings. The standard InChI is InChI=1S/C20H26O7/c1-9-13-11(21)7-18(3)12(25-17(23)19(4)10(2)27-19)5-6-20(8-24-20)15(18)14(13)26-16(9)22/h10-15,21H,1,5-8H2,2-4H3. The number of aliphatic hydroxyl groups excluding tert-OH is 1. The van der Waals surface area contributed by atoms with Crippen molar-refractivity contribution >= 4 is 11.9 Å². The van der Waals surface area contributed by atoms with Crippen molar-refractivity contribution in [1.29, 1.82) is 0 Å². The van der Waals surface area contributed by atoms with Gasteiger partial charge in [0.25, 0.3) is 0 Å². The summed E-state index contributed by atoms with van der Waals surface area (Å²) in [5.74, 6) is -1.37. The van der Waals surface area contributed by atoms with Crippen molar-refractivity contribution < 1.29 is 33.6 Å². The summed E-state index contributed by atoms with van der Waals surface area (Å²) in [5.41, 5.74) is -1.47. The van der Waals surface area contributed by atoms with Gasteiger partial charge in [0.15, 0.2) is 5.60 Å². The van der Waals surface area contributed by atoms with Crippen molar-refractivity contribution in [1.82, 2.24) is 0 Å². The fourth-order valence-electron chi connectivity index (χ4n) is 5.91. The van der Waals surface area contributed by atoms with Gasteiger partial charge in [-0.15, -0.1) is 0 Å². The number of hydrogen-bond donors (Lipinski definition) is 1. The van der Waals surface area contributed by atoms with Crippen LogP contribution < -0.4 is 0 Å². The van der Waals surface area contributed by atoms with E-state index < -0.39 is 35.1 Å². The van der Waals surface area contributed by atoms with Gasteiger partial charge in [0.05, 0.1) is 30.3 Å². The first-order valence-corrected chi connectivity index (χ1v) is 9.73. The Hall–Kier alpha value is -1.44. The van der Waals surface area contributed by atoms with E-state index in [9.17, 15) is 14.7 Å². The molecule has 1 spiro atoms. The lowest BCUT2D eigenvalue weighted by atomic mass is 9.51. The smallest absolute Gasteiger partial charge is 0.341 e. The van der Waals surface area contributed by atoms with E-state index in [0.29, 0.717) is 25.0 Å². The number of aliphatic hydroxyl groups is 1. The Kier molecular flexibility index (Phi) is 3.35. The quantitative estimate of drug-likeness (QED) is 0.437. The molecule has 2 aliphatic carbocycles. The van der Waals surface area contributed by atoms with E-state index in [-0.39, 0.29) is 29.7 Å². The van der Waals surface area contributed by atoms with E-state index in [1.54, 1.807) is 6.92 Å². The molecule has 3 saturated heterocycles. The Morgan fingerprint density at radius 3 is 2.63 bits per heavy atom. The Bertz CT molecular complexity index is 743. The van der Waals surface area contributed by atoms with Gasteiger partial charge >= 0.3 is 11.9 Å². The third-order valence-corrected chi connectivity index (χ3v) is 7.81. The van der Waals surface area contributed by atoms with E-state index in [4.69, 9.17) is 18.9 Å². The monoisotopic (exact) mass is 378 g/mol. The molecule has 7 heteroatoms. The van der Waals surface area contributed by atoms with Crippen LogP contribution in [0.1, 0.15) is 40.0 Å². The van der Waals surface area contributed by atoms with E-state index in [0.717, 1.165) is 6.42 Å². The SMILES string of the molecule is C=C1C(=O)OC2C1C(O)CC1(C)C(OC(=O)C3(C)OC3C)CCC3(CO3)C21. The molecule has 5 fully saturated rings. The third-order valence-electron chi connectivity index (χ3n) is 7.81. The predicted octanol–water partition coefficient (Wildman–Crippen LogP) is 1.12. The van der Waals surface area contributed by atoms with Gasteiger partial charge in [-0.25, -0.2) is 9.59 Å². The lowest BCUT2D eigenvalue weighted by molar-refractivity contribution is -0.207. The molecular formula is C20H26O7. The summed E-state index contributed by atoms with van der Waals surface area (Å²) in [4.78, 5) is 24.8. The number of hydrogen-bond acceptors (Lipinski definition) is 7. The highest BCUT2D eigenvalue weighted by Gasteiger charge is 2.72. The van der Waals surface area contributed by atoms with Gasteiger partial charge in [-0.3, -0.25) is 0 Å². The van der Waals surface area contributed by atoms with E-state index >= 15 is 0 Å². The predicted molar refractivity (Wildman–Crippen MR) is 91.5 cm³/mol. The van der Waals surface area contributed by atoms with Gasteiger partial charge < -0.3 is 24.1 Å². The van der Waals surface area contributed by atoms with Crippen LogP contribution in [0, 0.1) is 17.3 Å². The Labute approximate surface area is 158 Å². The van der Waals surface area contributed by atoms with Crippen LogP contribution in [-0.4, -0.2) is 59.3 Å². The van der Waals surface area contributed by atoms with Crippen LogP contribution in [0.3, 0.4) is 0 Å². The van der Waals surface area contributed by atoms with Crippen molar-refractivity contribution in [2.24, 2.45) is 17.3 Å². The lowest BCUT2D eigenvalue weighted by Crippen LogP contribution is -2.63. The number of fused-ring (bicyclic) bond motifs is 4. The van der Waals surface area contributed by atoms with Gasteiger partial charge in [-0.1, -0.05) is 13.5 Å². The summed E-state index contributed by atoms with van der Waals surface area (Å²) in [7, 11) is 0. The van der Waals surface area contributed by atoms with Gasteiger partial charge in [-0.2, -0.15) is 0 Å². The number of carbonyl (C=O) groups is 2. The molecule has 27 heavy (non-hydrogen) atoms. The molecule has 148 valence electrons.